The normalized spacial score (nSPS) is 17.2. The molecule has 0 fully saturated rings. The van der Waals surface area contributed by atoms with Crippen LogP contribution < -0.4 is 4.90 Å². The number of nitriles is 1. The average molecular weight is 293 g/mol. The van der Waals surface area contributed by atoms with Crippen LogP contribution in [0.5, 0.6) is 0 Å². The summed E-state index contributed by atoms with van der Waals surface area (Å²) in [4.78, 5) is 14.0. The molecular formula is C15H15N7. The van der Waals surface area contributed by atoms with Gasteiger partial charge in [-0.05, 0) is 25.0 Å². The molecular weight excluding hydrogens is 278 g/mol. The molecule has 0 aliphatic carbocycles. The number of anilines is 1. The first-order valence-corrected chi connectivity index (χ1v) is 7.24. The van der Waals surface area contributed by atoms with Crippen LogP contribution in [0.2, 0.25) is 0 Å². The quantitative estimate of drug-likeness (QED) is 0.773. The summed E-state index contributed by atoms with van der Waals surface area (Å²) in [6.45, 7) is 0.767. The number of rotatable bonds is 2. The summed E-state index contributed by atoms with van der Waals surface area (Å²) in [5.41, 5.74) is 2.48. The fourth-order valence-corrected chi connectivity index (χ4v) is 3.10. The van der Waals surface area contributed by atoms with Crippen molar-refractivity contribution in [2.24, 2.45) is 0 Å². The minimum atomic E-state index is 0.298. The summed E-state index contributed by atoms with van der Waals surface area (Å²) in [7, 11) is 2.05. The number of aromatic nitrogens is 5. The van der Waals surface area contributed by atoms with E-state index in [9.17, 15) is 0 Å². The Kier molecular flexibility index (Phi) is 2.82. The topological polar surface area (TPSA) is 86.4 Å². The zero-order chi connectivity index (χ0) is 15.1. The third kappa shape index (κ3) is 1.92. The maximum absolute atomic E-state index is 8.98. The average Bonchev–Trinajstić information content (AvgIpc) is 3.18. The van der Waals surface area contributed by atoms with E-state index in [1.165, 1.54) is 0 Å². The number of nitrogens with zero attached hydrogens (tertiary/aromatic N) is 6. The van der Waals surface area contributed by atoms with Crippen molar-refractivity contribution in [3.63, 3.8) is 0 Å². The van der Waals surface area contributed by atoms with Gasteiger partial charge in [-0.15, -0.1) is 0 Å². The highest BCUT2D eigenvalue weighted by molar-refractivity contribution is 5.87. The Morgan fingerprint density at radius 1 is 1.45 bits per heavy atom. The van der Waals surface area contributed by atoms with Crippen LogP contribution in [0.25, 0.3) is 11.0 Å². The molecule has 4 heterocycles. The van der Waals surface area contributed by atoms with Gasteiger partial charge in [-0.3, -0.25) is 4.68 Å². The summed E-state index contributed by atoms with van der Waals surface area (Å²) in [5.74, 6) is 0.923. The van der Waals surface area contributed by atoms with E-state index in [-0.39, 0.29) is 0 Å². The van der Waals surface area contributed by atoms with E-state index < -0.39 is 0 Å². The zero-order valence-electron chi connectivity index (χ0n) is 12.2. The van der Waals surface area contributed by atoms with Gasteiger partial charge in [0.05, 0.1) is 18.0 Å². The van der Waals surface area contributed by atoms with E-state index in [0.29, 0.717) is 11.7 Å². The molecule has 1 aliphatic heterocycles. The monoisotopic (exact) mass is 293 g/mol. The van der Waals surface area contributed by atoms with Crippen LogP contribution in [0.4, 0.5) is 5.82 Å². The predicted octanol–water partition coefficient (Wildman–Crippen LogP) is 1.48. The SMILES string of the molecule is CN(c1ncnc2[nH]ccc12)[C@@H]1CCc2cc(C#N)nn2C1. The molecule has 3 aromatic heterocycles. The van der Waals surface area contributed by atoms with E-state index in [2.05, 4.69) is 38.1 Å². The zero-order valence-corrected chi connectivity index (χ0v) is 12.2. The van der Waals surface area contributed by atoms with Crippen molar-refractivity contribution in [2.45, 2.75) is 25.4 Å². The number of nitrogens with one attached hydrogen (secondary N) is 1. The van der Waals surface area contributed by atoms with Crippen molar-refractivity contribution in [2.75, 3.05) is 11.9 Å². The van der Waals surface area contributed by atoms with E-state index in [0.717, 1.165) is 41.9 Å². The van der Waals surface area contributed by atoms with Crippen LogP contribution in [0, 0.1) is 11.3 Å². The first-order valence-electron chi connectivity index (χ1n) is 7.24. The predicted molar refractivity (Wildman–Crippen MR) is 81.3 cm³/mol. The molecule has 0 aromatic carbocycles. The van der Waals surface area contributed by atoms with Crippen LogP contribution in [-0.2, 0) is 13.0 Å². The van der Waals surface area contributed by atoms with E-state index in [1.54, 1.807) is 6.33 Å². The van der Waals surface area contributed by atoms with Crippen molar-refractivity contribution < 1.29 is 0 Å². The Morgan fingerprint density at radius 3 is 3.23 bits per heavy atom. The third-order valence-corrected chi connectivity index (χ3v) is 4.31. The van der Waals surface area contributed by atoms with E-state index in [4.69, 9.17) is 5.26 Å². The fourth-order valence-electron chi connectivity index (χ4n) is 3.10. The highest BCUT2D eigenvalue weighted by Crippen LogP contribution is 2.26. The van der Waals surface area contributed by atoms with Gasteiger partial charge in [0.25, 0.3) is 0 Å². The van der Waals surface area contributed by atoms with Crippen LogP contribution in [0.3, 0.4) is 0 Å². The molecule has 0 unspecified atom stereocenters. The van der Waals surface area contributed by atoms with Crippen LogP contribution in [-0.4, -0.2) is 37.8 Å². The second-order valence-corrected chi connectivity index (χ2v) is 5.56. The molecule has 0 spiro atoms. The lowest BCUT2D eigenvalue weighted by Crippen LogP contribution is -2.39. The van der Waals surface area contributed by atoms with Crippen molar-refractivity contribution in [3.8, 4) is 6.07 Å². The van der Waals surface area contributed by atoms with Gasteiger partial charge in [0.15, 0.2) is 5.69 Å². The van der Waals surface area contributed by atoms with Crippen molar-refractivity contribution in [1.82, 2.24) is 24.7 Å². The lowest BCUT2D eigenvalue weighted by molar-refractivity contribution is 0.412. The Hall–Kier alpha value is -2.88. The molecule has 0 bridgehead atoms. The van der Waals surface area contributed by atoms with Gasteiger partial charge < -0.3 is 9.88 Å². The van der Waals surface area contributed by atoms with Crippen LogP contribution in [0.15, 0.2) is 24.7 Å². The standard InChI is InChI=1S/C15H15N7/c1-21(15-13-4-5-17-14(13)18-9-19-15)12-3-2-11-6-10(7-16)20-22(11)8-12/h4-6,9,12H,2-3,8H2,1H3,(H,17,18,19)/t12-/m1/s1. The number of H-pyrrole nitrogens is 1. The first kappa shape index (κ1) is 12.8. The molecule has 7 heteroatoms. The molecule has 4 rings (SSSR count). The molecule has 22 heavy (non-hydrogen) atoms. The lowest BCUT2D eigenvalue weighted by Gasteiger charge is -2.32. The molecule has 0 saturated heterocycles. The van der Waals surface area contributed by atoms with Crippen LogP contribution >= 0.6 is 0 Å². The van der Waals surface area contributed by atoms with Crippen LogP contribution in [0.1, 0.15) is 17.8 Å². The number of hydrogen-bond acceptors (Lipinski definition) is 5. The second-order valence-electron chi connectivity index (χ2n) is 5.56. The summed E-state index contributed by atoms with van der Waals surface area (Å²) in [5, 5.41) is 14.3. The van der Waals surface area contributed by atoms with Gasteiger partial charge in [0.1, 0.15) is 23.9 Å². The smallest absolute Gasteiger partial charge is 0.162 e. The molecule has 0 amide bonds. The molecule has 1 atom stereocenters. The Labute approximate surface area is 127 Å². The molecule has 7 nitrogen and oxygen atoms in total. The summed E-state index contributed by atoms with van der Waals surface area (Å²) in [6, 6.07) is 6.29. The van der Waals surface area contributed by atoms with E-state index >= 15 is 0 Å². The van der Waals surface area contributed by atoms with Crippen molar-refractivity contribution in [1.29, 1.82) is 5.26 Å². The van der Waals surface area contributed by atoms with Gasteiger partial charge in [-0.2, -0.15) is 10.4 Å². The summed E-state index contributed by atoms with van der Waals surface area (Å²) < 4.78 is 1.94. The molecule has 0 radical (unpaired) electrons. The second kappa shape index (κ2) is 4.84. The number of hydrogen-bond donors (Lipinski definition) is 1. The van der Waals surface area contributed by atoms with E-state index in [1.807, 2.05) is 23.0 Å². The fraction of sp³-hybridized carbons (Fsp3) is 0.333. The Morgan fingerprint density at radius 2 is 2.36 bits per heavy atom. The van der Waals surface area contributed by atoms with Gasteiger partial charge in [-0.1, -0.05) is 0 Å². The highest BCUT2D eigenvalue weighted by Gasteiger charge is 2.25. The Bertz CT molecular complexity index is 870. The largest absolute Gasteiger partial charge is 0.354 e. The number of aromatic amines is 1. The van der Waals surface area contributed by atoms with Gasteiger partial charge in [0, 0.05) is 18.9 Å². The number of likely N-dealkylation sites (N-methyl/N-ethyl adjacent to an activating group) is 1. The Balaban J connectivity index is 1.65. The third-order valence-electron chi connectivity index (χ3n) is 4.31. The minimum absolute atomic E-state index is 0.298. The molecule has 0 saturated carbocycles. The van der Waals surface area contributed by atoms with Gasteiger partial charge >= 0.3 is 0 Å². The van der Waals surface area contributed by atoms with Crippen molar-refractivity contribution >= 4 is 16.9 Å². The number of fused-ring (bicyclic) bond motifs is 2. The minimum Gasteiger partial charge on any atom is -0.354 e. The van der Waals surface area contributed by atoms with Gasteiger partial charge in [-0.25, -0.2) is 9.97 Å². The van der Waals surface area contributed by atoms with Gasteiger partial charge in [0.2, 0.25) is 0 Å². The van der Waals surface area contributed by atoms with Crippen molar-refractivity contribution in [3.05, 3.63) is 36.0 Å². The summed E-state index contributed by atoms with van der Waals surface area (Å²) in [6.07, 6.45) is 5.40. The number of aryl methyl sites for hydroxylation is 1. The molecule has 110 valence electrons. The molecule has 1 aliphatic rings. The lowest BCUT2D eigenvalue weighted by atomic mass is 10.0. The maximum atomic E-state index is 8.98. The molecule has 1 N–H and O–H groups in total. The first-order chi connectivity index (χ1) is 10.8. The maximum Gasteiger partial charge on any atom is 0.162 e. The summed E-state index contributed by atoms with van der Waals surface area (Å²) >= 11 is 0. The molecule has 3 aromatic rings. The highest BCUT2D eigenvalue weighted by atomic mass is 15.3.